The molecule has 1 aromatic carbocycles. The Balaban J connectivity index is 2.22. The highest BCUT2D eigenvalue weighted by molar-refractivity contribution is 5.34. The minimum atomic E-state index is 0.699. The van der Waals surface area contributed by atoms with E-state index >= 15 is 0 Å². The maximum atomic E-state index is 5.48. The third-order valence-corrected chi connectivity index (χ3v) is 2.17. The van der Waals surface area contributed by atoms with Crippen LogP contribution in [-0.2, 0) is 6.42 Å². The fourth-order valence-corrected chi connectivity index (χ4v) is 1.41. The van der Waals surface area contributed by atoms with Gasteiger partial charge in [-0.1, -0.05) is 12.1 Å². The monoisotopic (exact) mass is 187 g/mol. The van der Waals surface area contributed by atoms with E-state index in [9.17, 15) is 0 Å². The van der Waals surface area contributed by atoms with Gasteiger partial charge in [0, 0.05) is 18.1 Å². The Morgan fingerprint density at radius 3 is 2.57 bits per heavy atom. The van der Waals surface area contributed by atoms with Gasteiger partial charge < -0.3 is 10.3 Å². The predicted octanol–water partition coefficient (Wildman–Crippen LogP) is 1.37. The van der Waals surface area contributed by atoms with Crippen molar-refractivity contribution in [2.24, 2.45) is 5.73 Å². The number of benzene rings is 1. The maximum Gasteiger partial charge on any atom is 0.0991 e. The Kier molecular flexibility index (Phi) is 2.60. The number of nitrogens with zero attached hydrogens (tertiary/aromatic N) is 2. The van der Waals surface area contributed by atoms with E-state index < -0.39 is 0 Å². The van der Waals surface area contributed by atoms with Gasteiger partial charge in [-0.15, -0.1) is 0 Å². The molecule has 0 unspecified atom stereocenters. The summed E-state index contributed by atoms with van der Waals surface area (Å²) in [6.45, 7) is 0.699. The smallest absolute Gasteiger partial charge is 0.0991 e. The van der Waals surface area contributed by atoms with E-state index in [1.807, 2.05) is 10.8 Å². The maximum absolute atomic E-state index is 5.48. The van der Waals surface area contributed by atoms with Crippen LogP contribution in [0.2, 0.25) is 0 Å². The quantitative estimate of drug-likeness (QED) is 0.788. The first-order valence-corrected chi connectivity index (χ1v) is 4.67. The number of rotatable bonds is 3. The molecule has 0 spiro atoms. The van der Waals surface area contributed by atoms with E-state index in [1.165, 1.54) is 5.56 Å². The van der Waals surface area contributed by atoms with Crippen molar-refractivity contribution in [3.8, 4) is 5.69 Å². The van der Waals surface area contributed by atoms with Crippen LogP contribution in [0.1, 0.15) is 5.56 Å². The molecular formula is C11H13N3. The molecule has 3 nitrogen and oxygen atoms in total. The van der Waals surface area contributed by atoms with Crippen molar-refractivity contribution in [1.82, 2.24) is 9.55 Å². The summed E-state index contributed by atoms with van der Waals surface area (Å²) in [6.07, 6.45) is 6.42. The summed E-state index contributed by atoms with van der Waals surface area (Å²) in [5.41, 5.74) is 7.88. The number of imidazole rings is 1. The topological polar surface area (TPSA) is 43.8 Å². The summed E-state index contributed by atoms with van der Waals surface area (Å²) in [7, 11) is 0. The molecule has 0 fully saturated rings. The van der Waals surface area contributed by atoms with Crippen molar-refractivity contribution < 1.29 is 0 Å². The van der Waals surface area contributed by atoms with Gasteiger partial charge in [-0.2, -0.15) is 0 Å². The van der Waals surface area contributed by atoms with E-state index in [-0.39, 0.29) is 0 Å². The standard InChI is InChI=1S/C11H13N3/c12-6-5-10-1-3-11(4-2-10)14-8-7-13-9-14/h1-4,7-9H,5-6,12H2. The van der Waals surface area contributed by atoms with Gasteiger partial charge in [0.15, 0.2) is 0 Å². The Labute approximate surface area is 83.2 Å². The zero-order valence-corrected chi connectivity index (χ0v) is 7.93. The van der Waals surface area contributed by atoms with Crippen molar-refractivity contribution in [2.75, 3.05) is 6.54 Å². The second kappa shape index (κ2) is 4.07. The molecule has 0 bridgehead atoms. The van der Waals surface area contributed by atoms with Gasteiger partial charge in [-0.3, -0.25) is 0 Å². The molecule has 1 heterocycles. The first kappa shape index (κ1) is 8.97. The molecule has 0 radical (unpaired) electrons. The lowest BCUT2D eigenvalue weighted by Crippen LogP contribution is -2.02. The van der Waals surface area contributed by atoms with Crippen molar-refractivity contribution in [3.05, 3.63) is 48.5 Å². The molecule has 14 heavy (non-hydrogen) atoms. The zero-order valence-electron chi connectivity index (χ0n) is 7.93. The first-order chi connectivity index (χ1) is 6.90. The van der Waals surface area contributed by atoms with E-state index in [2.05, 4.69) is 29.2 Å². The average Bonchev–Trinajstić information content (AvgIpc) is 2.72. The number of aromatic nitrogens is 2. The van der Waals surface area contributed by atoms with Crippen molar-refractivity contribution in [2.45, 2.75) is 6.42 Å². The van der Waals surface area contributed by atoms with Gasteiger partial charge in [0.1, 0.15) is 0 Å². The van der Waals surface area contributed by atoms with Gasteiger partial charge in [-0.25, -0.2) is 4.98 Å². The van der Waals surface area contributed by atoms with Crippen LogP contribution in [0.25, 0.3) is 5.69 Å². The minimum Gasteiger partial charge on any atom is -0.330 e. The Morgan fingerprint density at radius 1 is 1.21 bits per heavy atom. The van der Waals surface area contributed by atoms with E-state index in [1.54, 1.807) is 12.5 Å². The van der Waals surface area contributed by atoms with Crippen molar-refractivity contribution >= 4 is 0 Å². The van der Waals surface area contributed by atoms with Crippen LogP contribution >= 0.6 is 0 Å². The highest BCUT2D eigenvalue weighted by Crippen LogP contribution is 2.09. The lowest BCUT2D eigenvalue weighted by molar-refractivity contribution is 0.964. The van der Waals surface area contributed by atoms with Gasteiger partial charge in [0.25, 0.3) is 0 Å². The summed E-state index contributed by atoms with van der Waals surface area (Å²) in [6, 6.07) is 8.35. The molecule has 0 amide bonds. The molecule has 0 aliphatic rings. The molecule has 0 saturated carbocycles. The molecule has 0 atom stereocenters. The average molecular weight is 187 g/mol. The predicted molar refractivity (Wildman–Crippen MR) is 56.3 cm³/mol. The van der Waals surface area contributed by atoms with Crippen LogP contribution in [0.5, 0.6) is 0 Å². The summed E-state index contributed by atoms with van der Waals surface area (Å²) >= 11 is 0. The molecule has 0 aliphatic carbocycles. The van der Waals surface area contributed by atoms with Crippen LogP contribution in [0.3, 0.4) is 0 Å². The van der Waals surface area contributed by atoms with Crippen LogP contribution in [0.15, 0.2) is 43.0 Å². The van der Waals surface area contributed by atoms with Crippen molar-refractivity contribution in [1.29, 1.82) is 0 Å². The van der Waals surface area contributed by atoms with Crippen LogP contribution in [0, 0.1) is 0 Å². The molecule has 0 saturated heterocycles. The fourth-order valence-electron chi connectivity index (χ4n) is 1.41. The lowest BCUT2D eigenvalue weighted by atomic mass is 10.1. The highest BCUT2D eigenvalue weighted by atomic mass is 15.0. The first-order valence-electron chi connectivity index (χ1n) is 4.67. The Bertz CT molecular complexity index is 375. The molecule has 1 aromatic heterocycles. The van der Waals surface area contributed by atoms with Gasteiger partial charge >= 0.3 is 0 Å². The molecule has 2 rings (SSSR count). The van der Waals surface area contributed by atoms with E-state index in [0.29, 0.717) is 6.54 Å². The summed E-state index contributed by atoms with van der Waals surface area (Å²) in [5, 5.41) is 0. The minimum absolute atomic E-state index is 0.699. The summed E-state index contributed by atoms with van der Waals surface area (Å²) < 4.78 is 1.98. The summed E-state index contributed by atoms with van der Waals surface area (Å²) in [5.74, 6) is 0. The second-order valence-corrected chi connectivity index (χ2v) is 3.18. The number of nitrogens with two attached hydrogens (primary N) is 1. The molecule has 0 aliphatic heterocycles. The zero-order chi connectivity index (χ0) is 9.80. The molecule has 2 aromatic rings. The highest BCUT2D eigenvalue weighted by Gasteiger charge is 1.95. The molecule has 2 N–H and O–H groups in total. The molecular weight excluding hydrogens is 174 g/mol. The van der Waals surface area contributed by atoms with Crippen LogP contribution in [-0.4, -0.2) is 16.1 Å². The van der Waals surface area contributed by atoms with E-state index in [4.69, 9.17) is 5.73 Å². The third-order valence-electron chi connectivity index (χ3n) is 2.17. The Morgan fingerprint density at radius 2 is 2.00 bits per heavy atom. The van der Waals surface area contributed by atoms with Gasteiger partial charge in [-0.05, 0) is 30.7 Å². The van der Waals surface area contributed by atoms with Gasteiger partial charge in [0.05, 0.1) is 6.33 Å². The summed E-state index contributed by atoms with van der Waals surface area (Å²) in [4.78, 5) is 4.00. The van der Waals surface area contributed by atoms with Crippen molar-refractivity contribution in [3.63, 3.8) is 0 Å². The third kappa shape index (κ3) is 1.83. The normalized spacial score (nSPS) is 10.4. The molecule has 72 valence electrons. The lowest BCUT2D eigenvalue weighted by Gasteiger charge is -2.03. The Hall–Kier alpha value is -1.61. The SMILES string of the molecule is NCCc1ccc(-n2ccnc2)cc1. The largest absolute Gasteiger partial charge is 0.330 e. The second-order valence-electron chi connectivity index (χ2n) is 3.18. The van der Waals surface area contributed by atoms with E-state index in [0.717, 1.165) is 12.1 Å². The fraction of sp³-hybridized carbons (Fsp3) is 0.182. The van der Waals surface area contributed by atoms with Crippen LogP contribution < -0.4 is 5.73 Å². The number of hydrogen-bond acceptors (Lipinski definition) is 2. The van der Waals surface area contributed by atoms with Crippen LogP contribution in [0.4, 0.5) is 0 Å². The van der Waals surface area contributed by atoms with Gasteiger partial charge in [0.2, 0.25) is 0 Å². The molecule has 3 heteroatoms. The number of hydrogen-bond donors (Lipinski definition) is 1.